The Hall–Kier alpha value is -1.59. The number of hydrogen-bond acceptors (Lipinski definition) is 3. The Bertz CT molecular complexity index is 481. The highest BCUT2D eigenvalue weighted by Crippen LogP contribution is 2.20. The quantitative estimate of drug-likeness (QED) is 0.876. The SMILES string of the molecule is C[C@@H](CN)NC(=O)C1CCCN1C(=O)c1ccccc1.Cl. The van der Waals surface area contributed by atoms with Crippen molar-refractivity contribution in [1.82, 2.24) is 10.2 Å². The van der Waals surface area contributed by atoms with Crippen molar-refractivity contribution in [3.05, 3.63) is 35.9 Å². The minimum absolute atomic E-state index is 0. The summed E-state index contributed by atoms with van der Waals surface area (Å²) in [6.07, 6.45) is 1.56. The molecule has 21 heavy (non-hydrogen) atoms. The first-order valence-electron chi connectivity index (χ1n) is 7.00. The maximum atomic E-state index is 12.4. The molecule has 0 aromatic heterocycles. The van der Waals surface area contributed by atoms with Crippen molar-refractivity contribution in [3.63, 3.8) is 0 Å². The van der Waals surface area contributed by atoms with Crippen LogP contribution in [0.3, 0.4) is 0 Å². The van der Waals surface area contributed by atoms with Crippen molar-refractivity contribution in [2.24, 2.45) is 5.73 Å². The zero-order valence-electron chi connectivity index (χ0n) is 12.1. The van der Waals surface area contributed by atoms with Crippen LogP contribution in [-0.4, -0.2) is 41.9 Å². The lowest BCUT2D eigenvalue weighted by Crippen LogP contribution is -2.49. The molecule has 1 unspecified atom stereocenters. The molecule has 6 heteroatoms. The number of likely N-dealkylation sites (tertiary alicyclic amines) is 1. The fourth-order valence-corrected chi connectivity index (χ4v) is 2.43. The number of nitrogens with zero attached hydrogens (tertiary/aromatic N) is 1. The van der Waals surface area contributed by atoms with E-state index in [0.29, 0.717) is 25.1 Å². The normalized spacial score (nSPS) is 18.8. The van der Waals surface area contributed by atoms with Gasteiger partial charge in [0.1, 0.15) is 6.04 Å². The molecule has 2 atom stereocenters. The van der Waals surface area contributed by atoms with E-state index in [1.807, 2.05) is 25.1 Å². The molecule has 5 nitrogen and oxygen atoms in total. The fraction of sp³-hybridized carbons (Fsp3) is 0.467. The zero-order chi connectivity index (χ0) is 14.5. The summed E-state index contributed by atoms with van der Waals surface area (Å²) < 4.78 is 0. The van der Waals surface area contributed by atoms with Crippen molar-refractivity contribution in [3.8, 4) is 0 Å². The molecule has 1 aliphatic rings. The molecule has 0 bridgehead atoms. The Morgan fingerprint density at radius 3 is 2.67 bits per heavy atom. The minimum atomic E-state index is -0.378. The topological polar surface area (TPSA) is 75.4 Å². The first kappa shape index (κ1) is 17.5. The van der Waals surface area contributed by atoms with Crippen molar-refractivity contribution < 1.29 is 9.59 Å². The summed E-state index contributed by atoms with van der Waals surface area (Å²) in [6, 6.07) is 8.63. The fourth-order valence-electron chi connectivity index (χ4n) is 2.43. The Morgan fingerprint density at radius 2 is 2.05 bits per heavy atom. The van der Waals surface area contributed by atoms with Crippen LogP contribution in [0.4, 0.5) is 0 Å². The Balaban J connectivity index is 0.00000220. The van der Waals surface area contributed by atoms with E-state index in [1.54, 1.807) is 17.0 Å². The van der Waals surface area contributed by atoms with Crippen LogP contribution in [0, 0.1) is 0 Å². The third-order valence-electron chi connectivity index (χ3n) is 3.58. The van der Waals surface area contributed by atoms with Gasteiger partial charge in [0.2, 0.25) is 5.91 Å². The summed E-state index contributed by atoms with van der Waals surface area (Å²) in [5.74, 6) is -0.187. The molecule has 116 valence electrons. The standard InChI is InChI=1S/C15H21N3O2.ClH/c1-11(10-16)17-14(19)13-8-5-9-18(13)15(20)12-6-3-2-4-7-12;/h2-4,6-7,11,13H,5,8-10,16H2,1H3,(H,17,19);1H/t11-,13?;/m0./s1. The van der Waals surface area contributed by atoms with Gasteiger partial charge in [-0.25, -0.2) is 0 Å². The van der Waals surface area contributed by atoms with Gasteiger partial charge in [0.05, 0.1) is 0 Å². The van der Waals surface area contributed by atoms with E-state index in [9.17, 15) is 9.59 Å². The van der Waals surface area contributed by atoms with Gasteiger partial charge in [-0.05, 0) is 31.9 Å². The lowest BCUT2D eigenvalue weighted by molar-refractivity contribution is -0.125. The summed E-state index contributed by atoms with van der Waals surface area (Å²) in [7, 11) is 0. The molecule has 1 aliphatic heterocycles. The van der Waals surface area contributed by atoms with Gasteiger partial charge in [-0.2, -0.15) is 0 Å². The van der Waals surface area contributed by atoms with Crippen LogP contribution in [0.25, 0.3) is 0 Å². The van der Waals surface area contributed by atoms with Crippen molar-refractivity contribution in [2.75, 3.05) is 13.1 Å². The van der Waals surface area contributed by atoms with Crippen molar-refractivity contribution in [2.45, 2.75) is 31.8 Å². The second kappa shape index (κ2) is 8.00. The molecular weight excluding hydrogens is 290 g/mol. The Kier molecular flexibility index (Phi) is 6.65. The van der Waals surface area contributed by atoms with Gasteiger partial charge in [0, 0.05) is 24.7 Å². The third kappa shape index (κ3) is 4.19. The maximum absolute atomic E-state index is 12.4. The molecule has 1 heterocycles. The van der Waals surface area contributed by atoms with Crippen molar-refractivity contribution in [1.29, 1.82) is 0 Å². The van der Waals surface area contributed by atoms with Gasteiger partial charge in [0.15, 0.2) is 0 Å². The van der Waals surface area contributed by atoms with E-state index in [2.05, 4.69) is 5.32 Å². The van der Waals surface area contributed by atoms with Crippen LogP contribution < -0.4 is 11.1 Å². The number of nitrogens with one attached hydrogen (secondary N) is 1. The average molecular weight is 312 g/mol. The first-order valence-corrected chi connectivity index (χ1v) is 7.00. The summed E-state index contributed by atoms with van der Waals surface area (Å²) in [4.78, 5) is 26.3. The van der Waals surface area contributed by atoms with E-state index < -0.39 is 0 Å². The number of nitrogens with two attached hydrogens (primary N) is 1. The number of carbonyl (C=O) groups is 2. The molecule has 3 N–H and O–H groups in total. The monoisotopic (exact) mass is 311 g/mol. The number of amides is 2. The van der Waals surface area contributed by atoms with E-state index in [-0.39, 0.29) is 36.3 Å². The molecule has 0 spiro atoms. The Morgan fingerprint density at radius 1 is 1.38 bits per heavy atom. The second-order valence-electron chi connectivity index (χ2n) is 5.17. The van der Waals surface area contributed by atoms with Crippen LogP contribution in [0.15, 0.2) is 30.3 Å². The van der Waals surface area contributed by atoms with Crippen LogP contribution in [-0.2, 0) is 4.79 Å². The third-order valence-corrected chi connectivity index (χ3v) is 3.58. The second-order valence-corrected chi connectivity index (χ2v) is 5.17. The predicted octanol–water partition coefficient (Wildman–Crippen LogP) is 1.18. The summed E-state index contributed by atoms with van der Waals surface area (Å²) in [5, 5.41) is 2.85. The minimum Gasteiger partial charge on any atom is -0.351 e. The zero-order valence-corrected chi connectivity index (χ0v) is 12.9. The molecule has 1 aromatic rings. The largest absolute Gasteiger partial charge is 0.351 e. The summed E-state index contributed by atoms with van der Waals surface area (Å²) in [5.41, 5.74) is 6.13. The molecule has 0 aliphatic carbocycles. The van der Waals surface area contributed by atoms with E-state index in [0.717, 1.165) is 6.42 Å². The number of carbonyl (C=O) groups excluding carboxylic acids is 2. The lowest BCUT2D eigenvalue weighted by Gasteiger charge is -2.25. The number of benzene rings is 1. The van der Waals surface area contributed by atoms with Gasteiger partial charge in [-0.1, -0.05) is 18.2 Å². The highest BCUT2D eigenvalue weighted by atomic mass is 35.5. The summed E-state index contributed by atoms with van der Waals surface area (Å²) >= 11 is 0. The Labute approximate surface area is 131 Å². The lowest BCUT2D eigenvalue weighted by atomic mass is 10.1. The molecule has 2 rings (SSSR count). The summed E-state index contributed by atoms with van der Waals surface area (Å²) in [6.45, 7) is 2.88. The molecule has 1 fully saturated rings. The van der Waals surface area contributed by atoms with Crippen LogP contribution >= 0.6 is 12.4 Å². The average Bonchev–Trinajstić information content (AvgIpc) is 2.96. The van der Waals surface area contributed by atoms with Gasteiger partial charge < -0.3 is 16.0 Å². The van der Waals surface area contributed by atoms with Gasteiger partial charge >= 0.3 is 0 Å². The smallest absolute Gasteiger partial charge is 0.254 e. The molecule has 1 aromatic carbocycles. The number of hydrogen-bond donors (Lipinski definition) is 2. The van der Waals surface area contributed by atoms with Crippen LogP contribution in [0.5, 0.6) is 0 Å². The van der Waals surface area contributed by atoms with Gasteiger partial charge in [-0.15, -0.1) is 12.4 Å². The molecule has 1 saturated heterocycles. The van der Waals surface area contributed by atoms with E-state index in [1.165, 1.54) is 0 Å². The van der Waals surface area contributed by atoms with Crippen LogP contribution in [0.2, 0.25) is 0 Å². The van der Waals surface area contributed by atoms with E-state index in [4.69, 9.17) is 5.73 Å². The highest BCUT2D eigenvalue weighted by Gasteiger charge is 2.34. The maximum Gasteiger partial charge on any atom is 0.254 e. The number of halogens is 1. The van der Waals surface area contributed by atoms with Crippen molar-refractivity contribution >= 4 is 24.2 Å². The molecule has 2 amide bonds. The molecule has 0 radical (unpaired) electrons. The molecular formula is C15H22ClN3O2. The first-order chi connectivity index (χ1) is 9.63. The number of rotatable bonds is 4. The van der Waals surface area contributed by atoms with E-state index >= 15 is 0 Å². The van der Waals surface area contributed by atoms with Gasteiger partial charge in [0.25, 0.3) is 5.91 Å². The molecule has 0 saturated carbocycles. The highest BCUT2D eigenvalue weighted by molar-refractivity contribution is 5.97. The predicted molar refractivity (Wildman–Crippen MR) is 84.4 cm³/mol. The van der Waals surface area contributed by atoms with Gasteiger partial charge in [-0.3, -0.25) is 9.59 Å². The van der Waals surface area contributed by atoms with Crippen LogP contribution in [0.1, 0.15) is 30.1 Å².